The van der Waals surface area contributed by atoms with Gasteiger partial charge in [-0.15, -0.1) is 11.3 Å². The summed E-state index contributed by atoms with van der Waals surface area (Å²) in [5, 5.41) is 5.03. The number of nitrogens with one attached hydrogen (secondary N) is 1. The summed E-state index contributed by atoms with van der Waals surface area (Å²) in [6, 6.07) is 20.7. The minimum Gasteiger partial charge on any atom is -0.448 e. The summed E-state index contributed by atoms with van der Waals surface area (Å²) >= 11 is 1.58. The van der Waals surface area contributed by atoms with E-state index in [4.69, 9.17) is 4.74 Å². The average molecular weight is 363 g/mol. The Hall–Kier alpha value is -2.92. The van der Waals surface area contributed by atoms with Gasteiger partial charge in [0, 0.05) is 11.3 Å². The quantitative estimate of drug-likeness (QED) is 0.719. The van der Waals surface area contributed by atoms with Crippen molar-refractivity contribution in [1.82, 2.24) is 5.32 Å². The standard InChI is InChI=1S/C21H17NO3S/c23-20(17-13-15-9-4-5-10-16(15)21(24)25-17)22-19(18-11-6-12-26-18)14-7-2-1-3-8-14/h1-12,17,19H,13H2,(H,22,23)/t17-,19-/m0/s1. The first-order valence-electron chi connectivity index (χ1n) is 8.40. The maximum absolute atomic E-state index is 12.8. The Labute approximate surface area is 155 Å². The van der Waals surface area contributed by atoms with Crippen molar-refractivity contribution in [2.24, 2.45) is 0 Å². The van der Waals surface area contributed by atoms with Crippen LogP contribution in [-0.4, -0.2) is 18.0 Å². The highest BCUT2D eigenvalue weighted by Crippen LogP contribution is 2.27. The SMILES string of the molecule is O=C1O[C@H](C(=O)N[C@@H](c2ccccc2)c2cccs2)Cc2ccccc21. The first kappa shape index (κ1) is 16.5. The molecule has 2 aromatic carbocycles. The fourth-order valence-corrected chi connectivity index (χ4v) is 3.94. The Morgan fingerprint density at radius 1 is 1.04 bits per heavy atom. The number of rotatable bonds is 4. The Bertz CT molecular complexity index is 921. The molecule has 1 aliphatic heterocycles. The molecule has 130 valence electrons. The van der Waals surface area contributed by atoms with Gasteiger partial charge in [0.05, 0.1) is 11.6 Å². The van der Waals surface area contributed by atoms with Crippen LogP contribution >= 0.6 is 11.3 Å². The lowest BCUT2D eigenvalue weighted by Gasteiger charge is -2.26. The predicted octanol–water partition coefficient (Wildman–Crippen LogP) is 3.74. The Morgan fingerprint density at radius 2 is 1.81 bits per heavy atom. The van der Waals surface area contributed by atoms with Crippen molar-refractivity contribution in [2.75, 3.05) is 0 Å². The Morgan fingerprint density at radius 3 is 2.58 bits per heavy atom. The summed E-state index contributed by atoms with van der Waals surface area (Å²) in [6.07, 6.45) is -0.428. The van der Waals surface area contributed by atoms with Crippen LogP contribution in [0.2, 0.25) is 0 Å². The minimum absolute atomic E-state index is 0.264. The largest absolute Gasteiger partial charge is 0.448 e. The molecular formula is C21H17NO3S. The van der Waals surface area contributed by atoms with Crippen molar-refractivity contribution in [3.05, 3.63) is 93.7 Å². The number of amides is 1. The van der Waals surface area contributed by atoms with Gasteiger partial charge in [-0.2, -0.15) is 0 Å². The van der Waals surface area contributed by atoms with Crippen LogP contribution in [0.3, 0.4) is 0 Å². The summed E-state index contributed by atoms with van der Waals surface area (Å²) in [6.45, 7) is 0. The molecule has 1 aromatic heterocycles. The Balaban J connectivity index is 1.57. The highest BCUT2D eigenvalue weighted by Gasteiger charge is 2.32. The molecule has 3 aromatic rings. The van der Waals surface area contributed by atoms with E-state index in [0.717, 1.165) is 16.0 Å². The third kappa shape index (κ3) is 3.26. The lowest BCUT2D eigenvalue weighted by atomic mass is 9.97. The molecule has 0 spiro atoms. The van der Waals surface area contributed by atoms with Crippen LogP contribution in [0.4, 0.5) is 0 Å². The van der Waals surface area contributed by atoms with E-state index in [-0.39, 0.29) is 11.9 Å². The second kappa shape index (κ2) is 7.14. The number of carbonyl (C=O) groups is 2. The van der Waals surface area contributed by atoms with Crippen LogP contribution in [0.25, 0.3) is 0 Å². The van der Waals surface area contributed by atoms with Crippen molar-refractivity contribution in [3.63, 3.8) is 0 Å². The molecule has 0 saturated carbocycles. The Kier molecular flexibility index (Phi) is 4.54. The maximum atomic E-state index is 12.8. The van der Waals surface area contributed by atoms with Gasteiger partial charge in [0.1, 0.15) is 0 Å². The van der Waals surface area contributed by atoms with E-state index in [2.05, 4.69) is 5.32 Å². The fraction of sp³-hybridized carbons (Fsp3) is 0.143. The van der Waals surface area contributed by atoms with Gasteiger partial charge in [-0.3, -0.25) is 4.79 Å². The van der Waals surface area contributed by atoms with Crippen molar-refractivity contribution < 1.29 is 14.3 Å². The predicted molar refractivity (Wildman–Crippen MR) is 100 cm³/mol. The van der Waals surface area contributed by atoms with Crippen LogP contribution in [0.15, 0.2) is 72.1 Å². The van der Waals surface area contributed by atoms with E-state index in [0.29, 0.717) is 12.0 Å². The highest BCUT2D eigenvalue weighted by molar-refractivity contribution is 7.10. The molecule has 0 bridgehead atoms. The van der Waals surface area contributed by atoms with Crippen molar-refractivity contribution in [1.29, 1.82) is 0 Å². The van der Waals surface area contributed by atoms with E-state index in [1.807, 2.05) is 60.0 Å². The van der Waals surface area contributed by atoms with E-state index < -0.39 is 12.1 Å². The maximum Gasteiger partial charge on any atom is 0.339 e. The average Bonchev–Trinajstić information content (AvgIpc) is 3.21. The van der Waals surface area contributed by atoms with E-state index >= 15 is 0 Å². The number of thiophene rings is 1. The zero-order valence-corrected chi connectivity index (χ0v) is 14.7. The normalized spacial score (nSPS) is 17.1. The second-order valence-corrected chi connectivity index (χ2v) is 7.10. The van der Waals surface area contributed by atoms with Crippen molar-refractivity contribution >= 4 is 23.2 Å². The zero-order chi connectivity index (χ0) is 17.9. The van der Waals surface area contributed by atoms with Crippen LogP contribution in [0.5, 0.6) is 0 Å². The van der Waals surface area contributed by atoms with Gasteiger partial charge in [0.2, 0.25) is 0 Å². The van der Waals surface area contributed by atoms with Gasteiger partial charge in [-0.1, -0.05) is 54.6 Å². The molecule has 26 heavy (non-hydrogen) atoms. The molecule has 5 heteroatoms. The minimum atomic E-state index is -0.816. The summed E-state index contributed by atoms with van der Waals surface area (Å²) in [5.74, 6) is -0.727. The van der Waals surface area contributed by atoms with Gasteiger partial charge >= 0.3 is 5.97 Å². The van der Waals surface area contributed by atoms with E-state index in [9.17, 15) is 9.59 Å². The number of ether oxygens (including phenoxy) is 1. The van der Waals surface area contributed by atoms with Gasteiger partial charge in [-0.05, 0) is 28.6 Å². The number of esters is 1. The van der Waals surface area contributed by atoms with E-state index in [1.165, 1.54) is 0 Å². The van der Waals surface area contributed by atoms with Gasteiger partial charge in [0.15, 0.2) is 6.10 Å². The molecule has 4 rings (SSSR count). The van der Waals surface area contributed by atoms with Gasteiger partial charge in [0.25, 0.3) is 5.91 Å². The first-order valence-corrected chi connectivity index (χ1v) is 9.28. The molecule has 0 saturated heterocycles. The third-order valence-electron chi connectivity index (χ3n) is 4.43. The molecule has 0 fully saturated rings. The summed E-state index contributed by atoms with van der Waals surface area (Å²) < 4.78 is 5.38. The van der Waals surface area contributed by atoms with E-state index in [1.54, 1.807) is 23.5 Å². The number of fused-ring (bicyclic) bond motifs is 1. The van der Waals surface area contributed by atoms with Crippen LogP contribution < -0.4 is 5.32 Å². The molecule has 0 aliphatic carbocycles. The topological polar surface area (TPSA) is 55.4 Å². The van der Waals surface area contributed by atoms with Crippen molar-refractivity contribution in [3.8, 4) is 0 Å². The number of cyclic esters (lactones) is 1. The van der Waals surface area contributed by atoms with Crippen LogP contribution in [0, 0.1) is 0 Å². The number of hydrogen-bond donors (Lipinski definition) is 1. The number of hydrogen-bond acceptors (Lipinski definition) is 4. The van der Waals surface area contributed by atoms with Gasteiger partial charge in [-0.25, -0.2) is 4.79 Å². The fourth-order valence-electron chi connectivity index (χ4n) is 3.13. The molecule has 4 nitrogen and oxygen atoms in total. The smallest absolute Gasteiger partial charge is 0.339 e. The molecule has 2 heterocycles. The summed E-state index contributed by atoms with van der Waals surface area (Å²) in [7, 11) is 0. The highest BCUT2D eigenvalue weighted by atomic mass is 32.1. The second-order valence-electron chi connectivity index (χ2n) is 6.12. The van der Waals surface area contributed by atoms with Gasteiger partial charge < -0.3 is 10.1 Å². The molecule has 1 N–H and O–H groups in total. The summed E-state index contributed by atoms with van der Waals surface area (Å²) in [4.78, 5) is 26.1. The molecular weight excluding hydrogens is 346 g/mol. The number of benzene rings is 2. The third-order valence-corrected chi connectivity index (χ3v) is 5.37. The van der Waals surface area contributed by atoms with Crippen molar-refractivity contribution in [2.45, 2.75) is 18.6 Å². The lowest BCUT2D eigenvalue weighted by Crippen LogP contribution is -2.43. The molecule has 0 unspecified atom stereocenters. The zero-order valence-electron chi connectivity index (χ0n) is 13.9. The van der Waals surface area contributed by atoms with Crippen LogP contribution in [-0.2, 0) is 16.0 Å². The first-order chi connectivity index (χ1) is 12.7. The van der Waals surface area contributed by atoms with Crippen LogP contribution in [0.1, 0.15) is 32.4 Å². The molecule has 0 radical (unpaired) electrons. The molecule has 2 atom stereocenters. The molecule has 1 aliphatic rings. The number of carbonyl (C=O) groups excluding carboxylic acids is 2. The lowest BCUT2D eigenvalue weighted by molar-refractivity contribution is -0.130. The summed E-state index contributed by atoms with van der Waals surface area (Å²) in [5.41, 5.74) is 2.37. The molecule has 1 amide bonds. The monoisotopic (exact) mass is 363 g/mol.